The summed E-state index contributed by atoms with van der Waals surface area (Å²) < 4.78 is 11.9. The molecule has 1 aliphatic rings. The van der Waals surface area contributed by atoms with Crippen LogP contribution < -0.4 is 0 Å². The fourth-order valence-corrected chi connectivity index (χ4v) is 3.60. The molecular weight excluding hydrogens is 372 g/mol. The molecule has 4 rings (SSSR count). The van der Waals surface area contributed by atoms with Crippen molar-refractivity contribution in [2.75, 3.05) is 13.7 Å². The van der Waals surface area contributed by atoms with Gasteiger partial charge < -0.3 is 18.9 Å². The number of Topliss-reactive ketones (excluding diaryl/α,β-unsaturated/α-hetero) is 1. The van der Waals surface area contributed by atoms with Gasteiger partial charge in [0.15, 0.2) is 0 Å². The highest BCUT2D eigenvalue weighted by Gasteiger charge is 2.27. The summed E-state index contributed by atoms with van der Waals surface area (Å²) in [6.45, 7) is 1.49. The van der Waals surface area contributed by atoms with E-state index in [-0.39, 0.29) is 12.7 Å². The SMILES string of the molecule is COC(=O)C(=O)c1cn2c3c(cccc13)CN(C(=O)OCc1ccccc1)CC2. The van der Waals surface area contributed by atoms with E-state index in [2.05, 4.69) is 4.74 Å². The highest BCUT2D eigenvalue weighted by atomic mass is 16.6. The number of hydrogen-bond donors (Lipinski definition) is 0. The van der Waals surface area contributed by atoms with Crippen LogP contribution in [0.5, 0.6) is 0 Å². The fourth-order valence-electron chi connectivity index (χ4n) is 3.60. The molecule has 3 aromatic rings. The van der Waals surface area contributed by atoms with Crippen LogP contribution >= 0.6 is 0 Å². The van der Waals surface area contributed by atoms with Crippen molar-refractivity contribution in [3.63, 3.8) is 0 Å². The largest absolute Gasteiger partial charge is 0.463 e. The van der Waals surface area contributed by atoms with Gasteiger partial charge in [-0.05, 0) is 11.1 Å². The Morgan fingerprint density at radius 3 is 2.55 bits per heavy atom. The van der Waals surface area contributed by atoms with Crippen LogP contribution in [0.15, 0.2) is 54.7 Å². The van der Waals surface area contributed by atoms with Gasteiger partial charge in [-0.2, -0.15) is 0 Å². The predicted molar refractivity (Wildman–Crippen MR) is 105 cm³/mol. The summed E-state index contributed by atoms with van der Waals surface area (Å²) in [6.07, 6.45) is 1.27. The molecule has 29 heavy (non-hydrogen) atoms. The number of para-hydroxylation sites is 1. The summed E-state index contributed by atoms with van der Waals surface area (Å²) in [5.74, 6) is -1.56. The van der Waals surface area contributed by atoms with Crippen LogP contribution in [0.3, 0.4) is 0 Å². The van der Waals surface area contributed by atoms with Crippen LogP contribution in [0, 0.1) is 0 Å². The van der Waals surface area contributed by atoms with Crippen LogP contribution in [0.25, 0.3) is 10.9 Å². The Bertz CT molecular complexity index is 1090. The third-order valence-electron chi connectivity index (χ3n) is 5.03. The first-order valence-electron chi connectivity index (χ1n) is 9.27. The highest BCUT2D eigenvalue weighted by Crippen LogP contribution is 2.29. The normalized spacial score (nSPS) is 13.1. The summed E-state index contributed by atoms with van der Waals surface area (Å²) in [5, 5.41) is 0.678. The zero-order valence-corrected chi connectivity index (χ0v) is 16.0. The first kappa shape index (κ1) is 18.7. The second-order valence-electron chi connectivity index (χ2n) is 6.83. The number of esters is 1. The Balaban J connectivity index is 1.57. The molecule has 0 aliphatic carbocycles. The Morgan fingerprint density at radius 1 is 1.00 bits per heavy atom. The van der Waals surface area contributed by atoms with Crippen LogP contribution in [0.1, 0.15) is 21.5 Å². The van der Waals surface area contributed by atoms with Gasteiger partial charge in [-0.3, -0.25) is 4.79 Å². The standard InChI is InChI=1S/C22H20N2O5/c1-28-21(26)20(25)18-13-23-10-11-24(12-16-8-5-9-17(18)19(16)23)22(27)29-14-15-6-3-2-4-7-15/h2-9,13H,10-12,14H2,1H3. The molecule has 1 aromatic heterocycles. The minimum Gasteiger partial charge on any atom is -0.463 e. The molecule has 0 unspecified atom stereocenters. The molecule has 0 bridgehead atoms. The minimum absolute atomic E-state index is 0.213. The zero-order chi connectivity index (χ0) is 20.4. The predicted octanol–water partition coefficient (Wildman–Crippen LogP) is 3.15. The molecule has 148 valence electrons. The lowest BCUT2D eigenvalue weighted by atomic mass is 10.1. The molecule has 0 radical (unpaired) electrons. The van der Waals surface area contributed by atoms with E-state index in [1.54, 1.807) is 17.2 Å². The lowest BCUT2D eigenvalue weighted by Gasteiger charge is -2.20. The van der Waals surface area contributed by atoms with Gasteiger partial charge in [-0.15, -0.1) is 0 Å². The lowest BCUT2D eigenvalue weighted by molar-refractivity contribution is -0.135. The van der Waals surface area contributed by atoms with Gasteiger partial charge in [0, 0.05) is 24.7 Å². The number of methoxy groups -OCH3 is 1. The molecule has 1 aliphatic heterocycles. The molecule has 0 saturated carbocycles. The van der Waals surface area contributed by atoms with Gasteiger partial charge in [-0.1, -0.05) is 48.5 Å². The van der Waals surface area contributed by atoms with Gasteiger partial charge in [-0.25, -0.2) is 9.59 Å². The maximum Gasteiger partial charge on any atom is 0.410 e. The Hall–Kier alpha value is -3.61. The number of rotatable bonds is 4. The molecule has 1 amide bonds. The van der Waals surface area contributed by atoms with E-state index in [0.717, 1.165) is 16.6 Å². The highest BCUT2D eigenvalue weighted by molar-refractivity contribution is 6.43. The summed E-state index contributed by atoms with van der Waals surface area (Å²) in [7, 11) is 1.19. The zero-order valence-electron chi connectivity index (χ0n) is 16.0. The van der Waals surface area contributed by atoms with E-state index < -0.39 is 11.8 Å². The number of hydrogen-bond acceptors (Lipinski definition) is 5. The van der Waals surface area contributed by atoms with Crippen molar-refractivity contribution in [2.45, 2.75) is 19.7 Å². The molecule has 0 fully saturated rings. The van der Waals surface area contributed by atoms with Crippen molar-refractivity contribution in [2.24, 2.45) is 0 Å². The smallest absolute Gasteiger partial charge is 0.410 e. The average Bonchev–Trinajstić information content (AvgIpc) is 3.02. The van der Waals surface area contributed by atoms with Crippen molar-refractivity contribution in [3.8, 4) is 0 Å². The number of ketones is 1. The Labute approximate surface area is 167 Å². The maximum atomic E-state index is 12.6. The van der Waals surface area contributed by atoms with Crippen molar-refractivity contribution in [3.05, 3.63) is 71.4 Å². The number of benzene rings is 2. The molecule has 0 atom stereocenters. The van der Waals surface area contributed by atoms with Gasteiger partial charge in [0.2, 0.25) is 0 Å². The molecule has 0 spiro atoms. The van der Waals surface area contributed by atoms with E-state index in [1.165, 1.54) is 7.11 Å². The average molecular weight is 392 g/mol. The second-order valence-corrected chi connectivity index (χ2v) is 6.83. The van der Waals surface area contributed by atoms with Crippen molar-refractivity contribution < 1.29 is 23.9 Å². The van der Waals surface area contributed by atoms with Crippen molar-refractivity contribution in [1.82, 2.24) is 9.47 Å². The summed E-state index contributed by atoms with van der Waals surface area (Å²) >= 11 is 0. The van der Waals surface area contributed by atoms with Crippen LogP contribution in [-0.4, -0.2) is 41.0 Å². The fraction of sp³-hybridized carbons (Fsp3) is 0.227. The van der Waals surface area contributed by atoms with Gasteiger partial charge in [0.25, 0.3) is 5.78 Å². The molecule has 0 N–H and O–H groups in total. The third-order valence-corrected chi connectivity index (χ3v) is 5.03. The van der Waals surface area contributed by atoms with Gasteiger partial charge in [0.1, 0.15) is 6.61 Å². The first-order chi connectivity index (χ1) is 14.1. The van der Waals surface area contributed by atoms with Crippen molar-refractivity contribution >= 4 is 28.7 Å². The number of aromatic nitrogens is 1. The monoisotopic (exact) mass is 392 g/mol. The van der Waals surface area contributed by atoms with Crippen molar-refractivity contribution in [1.29, 1.82) is 0 Å². The number of amides is 1. The number of carbonyl (C=O) groups excluding carboxylic acids is 3. The number of carbonyl (C=O) groups is 3. The quantitative estimate of drug-likeness (QED) is 0.387. The molecule has 2 heterocycles. The third kappa shape index (κ3) is 3.59. The number of nitrogens with zero attached hydrogens (tertiary/aromatic N) is 2. The van der Waals surface area contributed by atoms with Gasteiger partial charge >= 0.3 is 12.1 Å². The summed E-state index contributed by atoms with van der Waals surface area (Å²) in [5.41, 5.74) is 2.97. The topological polar surface area (TPSA) is 77.8 Å². The number of ether oxygens (including phenoxy) is 2. The first-order valence-corrected chi connectivity index (χ1v) is 9.27. The summed E-state index contributed by atoms with van der Waals surface area (Å²) in [6, 6.07) is 15.0. The second kappa shape index (κ2) is 7.79. The van der Waals surface area contributed by atoms with E-state index >= 15 is 0 Å². The van der Waals surface area contributed by atoms with Crippen LogP contribution in [0.4, 0.5) is 4.79 Å². The van der Waals surface area contributed by atoms with Crippen LogP contribution in [0.2, 0.25) is 0 Å². The molecule has 2 aromatic carbocycles. The van der Waals surface area contributed by atoms with E-state index in [0.29, 0.717) is 30.6 Å². The Kier molecular flexibility index (Phi) is 5.03. The lowest BCUT2D eigenvalue weighted by Crippen LogP contribution is -2.32. The van der Waals surface area contributed by atoms with E-state index in [9.17, 15) is 14.4 Å². The maximum absolute atomic E-state index is 12.6. The van der Waals surface area contributed by atoms with Gasteiger partial charge in [0.05, 0.1) is 24.7 Å². The molecule has 7 nitrogen and oxygen atoms in total. The Morgan fingerprint density at radius 2 is 1.79 bits per heavy atom. The van der Waals surface area contributed by atoms with Crippen LogP contribution in [-0.2, 0) is 34.0 Å². The molecule has 7 heteroatoms. The summed E-state index contributed by atoms with van der Waals surface area (Å²) in [4.78, 5) is 38.3. The van der Waals surface area contributed by atoms with E-state index in [4.69, 9.17) is 4.74 Å². The van der Waals surface area contributed by atoms with E-state index in [1.807, 2.05) is 47.0 Å². The molecular formula is C22H20N2O5. The molecule has 0 saturated heterocycles. The minimum atomic E-state index is -0.891.